The van der Waals surface area contributed by atoms with Crippen molar-refractivity contribution in [3.8, 4) is 6.07 Å². The predicted octanol–water partition coefficient (Wildman–Crippen LogP) is 3.51. The SMILES string of the molecule is CCCCc1nc2cc(C#N)ccc2n1CN1CCC(CC(C)=O)C1. The van der Waals surface area contributed by atoms with Gasteiger partial charge in [-0.15, -0.1) is 0 Å². The van der Waals surface area contributed by atoms with Crippen LogP contribution in [0.3, 0.4) is 0 Å². The van der Waals surface area contributed by atoms with Crippen molar-refractivity contribution in [2.45, 2.75) is 52.6 Å². The van der Waals surface area contributed by atoms with E-state index in [4.69, 9.17) is 10.2 Å². The summed E-state index contributed by atoms with van der Waals surface area (Å²) in [6.07, 6.45) is 4.99. The van der Waals surface area contributed by atoms with Gasteiger partial charge in [-0.3, -0.25) is 4.90 Å². The van der Waals surface area contributed by atoms with Gasteiger partial charge in [-0.1, -0.05) is 13.3 Å². The van der Waals surface area contributed by atoms with Crippen molar-refractivity contribution in [1.29, 1.82) is 5.26 Å². The Morgan fingerprint density at radius 1 is 1.44 bits per heavy atom. The normalized spacial score (nSPS) is 17.9. The summed E-state index contributed by atoms with van der Waals surface area (Å²) >= 11 is 0. The summed E-state index contributed by atoms with van der Waals surface area (Å²) in [5.74, 6) is 1.87. The molecule has 25 heavy (non-hydrogen) atoms. The van der Waals surface area contributed by atoms with Crippen LogP contribution in [0, 0.1) is 17.2 Å². The van der Waals surface area contributed by atoms with E-state index in [2.05, 4.69) is 22.5 Å². The first-order valence-electron chi connectivity index (χ1n) is 9.21. The van der Waals surface area contributed by atoms with Crippen LogP contribution in [0.15, 0.2) is 18.2 Å². The number of nitriles is 1. The zero-order valence-corrected chi connectivity index (χ0v) is 15.2. The molecule has 132 valence electrons. The molecule has 1 fully saturated rings. The van der Waals surface area contributed by atoms with E-state index in [1.165, 1.54) is 0 Å². The second-order valence-corrected chi connectivity index (χ2v) is 7.15. The van der Waals surface area contributed by atoms with Crippen LogP contribution >= 0.6 is 0 Å². The first kappa shape index (κ1) is 17.6. The molecule has 0 spiro atoms. The van der Waals surface area contributed by atoms with Gasteiger partial charge >= 0.3 is 0 Å². The maximum Gasteiger partial charge on any atom is 0.130 e. The summed E-state index contributed by atoms with van der Waals surface area (Å²) in [4.78, 5) is 18.6. The highest BCUT2D eigenvalue weighted by molar-refractivity contribution is 5.78. The van der Waals surface area contributed by atoms with E-state index in [0.29, 0.717) is 17.9 Å². The molecular weight excluding hydrogens is 312 g/mol. The van der Waals surface area contributed by atoms with E-state index in [0.717, 1.165) is 62.3 Å². The molecule has 1 aromatic heterocycles. The van der Waals surface area contributed by atoms with Gasteiger partial charge < -0.3 is 9.36 Å². The molecule has 0 radical (unpaired) electrons. The molecule has 3 rings (SSSR count). The number of hydrogen-bond acceptors (Lipinski definition) is 4. The number of carbonyl (C=O) groups is 1. The minimum Gasteiger partial charge on any atom is -0.314 e. The zero-order chi connectivity index (χ0) is 17.8. The number of ketones is 1. The quantitative estimate of drug-likeness (QED) is 0.775. The number of aromatic nitrogens is 2. The second kappa shape index (κ2) is 7.79. The lowest BCUT2D eigenvalue weighted by Crippen LogP contribution is -2.25. The predicted molar refractivity (Wildman–Crippen MR) is 98.0 cm³/mol. The lowest BCUT2D eigenvalue weighted by molar-refractivity contribution is -0.117. The molecule has 0 amide bonds. The van der Waals surface area contributed by atoms with E-state index in [9.17, 15) is 4.79 Å². The largest absolute Gasteiger partial charge is 0.314 e. The Bertz CT molecular complexity index is 802. The Morgan fingerprint density at radius 2 is 2.28 bits per heavy atom. The Balaban J connectivity index is 1.83. The lowest BCUT2D eigenvalue weighted by Gasteiger charge is -2.19. The van der Waals surface area contributed by atoms with E-state index >= 15 is 0 Å². The Hall–Kier alpha value is -2.19. The smallest absolute Gasteiger partial charge is 0.130 e. The van der Waals surface area contributed by atoms with Gasteiger partial charge in [-0.2, -0.15) is 5.26 Å². The molecule has 0 N–H and O–H groups in total. The van der Waals surface area contributed by atoms with Gasteiger partial charge in [0.1, 0.15) is 11.6 Å². The van der Waals surface area contributed by atoms with Crippen LogP contribution in [0.2, 0.25) is 0 Å². The topological polar surface area (TPSA) is 61.9 Å². The molecule has 0 saturated carbocycles. The molecule has 0 aliphatic carbocycles. The summed E-state index contributed by atoms with van der Waals surface area (Å²) < 4.78 is 2.29. The summed E-state index contributed by atoms with van der Waals surface area (Å²) in [5.41, 5.74) is 2.66. The van der Waals surface area contributed by atoms with Gasteiger partial charge in [0.25, 0.3) is 0 Å². The molecule has 2 aromatic rings. The van der Waals surface area contributed by atoms with Crippen molar-refractivity contribution < 1.29 is 4.79 Å². The molecular formula is C20H26N4O. The third-order valence-corrected chi connectivity index (χ3v) is 5.00. The van der Waals surface area contributed by atoms with Gasteiger partial charge in [-0.25, -0.2) is 4.98 Å². The molecule has 5 nitrogen and oxygen atoms in total. The molecule has 1 atom stereocenters. The Labute approximate surface area is 149 Å². The Morgan fingerprint density at radius 3 is 3.00 bits per heavy atom. The average molecular weight is 338 g/mol. The van der Waals surface area contributed by atoms with Gasteiger partial charge in [0.15, 0.2) is 0 Å². The molecule has 2 heterocycles. The highest BCUT2D eigenvalue weighted by Gasteiger charge is 2.24. The summed E-state index contributed by atoms with van der Waals surface area (Å²) in [7, 11) is 0. The summed E-state index contributed by atoms with van der Waals surface area (Å²) in [6, 6.07) is 7.96. The molecule has 1 aliphatic rings. The van der Waals surface area contributed by atoms with Crippen molar-refractivity contribution in [2.24, 2.45) is 5.92 Å². The minimum atomic E-state index is 0.285. The second-order valence-electron chi connectivity index (χ2n) is 7.15. The molecule has 1 aliphatic heterocycles. The third-order valence-electron chi connectivity index (χ3n) is 5.00. The number of unbranched alkanes of at least 4 members (excludes halogenated alkanes) is 1. The van der Waals surface area contributed by atoms with Crippen LogP contribution < -0.4 is 0 Å². The van der Waals surface area contributed by atoms with Crippen molar-refractivity contribution in [3.63, 3.8) is 0 Å². The lowest BCUT2D eigenvalue weighted by atomic mass is 10.0. The van der Waals surface area contributed by atoms with Gasteiger partial charge in [0.05, 0.1) is 29.3 Å². The molecule has 0 bridgehead atoms. The zero-order valence-electron chi connectivity index (χ0n) is 15.2. The van der Waals surface area contributed by atoms with Crippen LogP contribution in [0.25, 0.3) is 11.0 Å². The fourth-order valence-corrected chi connectivity index (χ4v) is 3.75. The van der Waals surface area contributed by atoms with Crippen LogP contribution in [0.4, 0.5) is 0 Å². The van der Waals surface area contributed by atoms with Crippen LogP contribution in [-0.2, 0) is 17.9 Å². The van der Waals surface area contributed by atoms with Gasteiger partial charge in [0, 0.05) is 25.9 Å². The Kier molecular flexibility index (Phi) is 5.50. The van der Waals surface area contributed by atoms with E-state index < -0.39 is 0 Å². The number of likely N-dealkylation sites (tertiary alicyclic amines) is 1. The van der Waals surface area contributed by atoms with Crippen molar-refractivity contribution in [1.82, 2.24) is 14.5 Å². The van der Waals surface area contributed by atoms with Crippen molar-refractivity contribution >= 4 is 16.8 Å². The maximum absolute atomic E-state index is 11.4. The van der Waals surface area contributed by atoms with Gasteiger partial charge in [0.2, 0.25) is 0 Å². The third kappa shape index (κ3) is 4.08. The highest BCUT2D eigenvalue weighted by Crippen LogP contribution is 2.24. The van der Waals surface area contributed by atoms with Gasteiger partial charge in [-0.05, 0) is 43.9 Å². The number of benzene rings is 1. The summed E-state index contributed by atoms with van der Waals surface area (Å²) in [6.45, 7) is 6.69. The number of carbonyl (C=O) groups excluding carboxylic acids is 1. The molecule has 1 saturated heterocycles. The number of nitrogens with zero attached hydrogens (tertiary/aromatic N) is 4. The maximum atomic E-state index is 11.4. The number of fused-ring (bicyclic) bond motifs is 1. The first-order valence-corrected chi connectivity index (χ1v) is 9.21. The number of aryl methyl sites for hydroxylation is 1. The average Bonchev–Trinajstić information content (AvgIpc) is 3.16. The van der Waals surface area contributed by atoms with Crippen LogP contribution in [-0.4, -0.2) is 33.3 Å². The summed E-state index contributed by atoms with van der Waals surface area (Å²) in [5, 5.41) is 9.13. The fraction of sp³-hybridized carbons (Fsp3) is 0.550. The highest BCUT2D eigenvalue weighted by atomic mass is 16.1. The number of rotatable bonds is 7. The molecule has 1 unspecified atom stereocenters. The number of hydrogen-bond donors (Lipinski definition) is 0. The molecule has 1 aromatic carbocycles. The fourth-order valence-electron chi connectivity index (χ4n) is 3.75. The molecule has 5 heteroatoms. The van der Waals surface area contributed by atoms with E-state index in [1.54, 1.807) is 6.92 Å². The van der Waals surface area contributed by atoms with Crippen LogP contribution in [0.1, 0.15) is 50.9 Å². The number of imidazole rings is 1. The van der Waals surface area contributed by atoms with E-state index in [1.807, 2.05) is 18.2 Å². The van der Waals surface area contributed by atoms with E-state index in [-0.39, 0.29) is 5.78 Å². The standard InChI is InChI=1S/C20H26N4O/c1-3-4-5-20-22-18-11-16(12-21)6-7-19(18)24(20)14-23-9-8-17(13-23)10-15(2)25/h6-7,11,17H,3-5,8-10,13-14H2,1-2H3. The van der Waals surface area contributed by atoms with Crippen molar-refractivity contribution in [3.05, 3.63) is 29.6 Å². The number of Topliss-reactive ketones (excluding diaryl/α,β-unsaturated/α-hetero) is 1. The van der Waals surface area contributed by atoms with Crippen LogP contribution in [0.5, 0.6) is 0 Å². The monoisotopic (exact) mass is 338 g/mol. The minimum absolute atomic E-state index is 0.285. The van der Waals surface area contributed by atoms with Crippen molar-refractivity contribution in [2.75, 3.05) is 13.1 Å². The first-order chi connectivity index (χ1) is 12.1.